The van der Waals surface area contributed by atoms with E-state index >= 15 is 0 Å². The molecule has 1 aliphatic carbocycles. The van der Waals surface area contributed by atoms with Crippen molar-refractivity contribution in [3.63, 3.8) is 0 Å². The maximum atomic E-state index is 12.1. The van der Waals surface area contributed by atoms with E-state index in [1.54, 1.807) is 0 Å². The van der Waals surface area contributed by atoms with Crippen LogP contribution in [0.4, 0.5) is 5.69 Å². The number of amides is 1. The summed E-state index contributed by atoms with van der Waals surface area (Å²) in [6.45, 7) is 4.05. The quantitative estimate of drug-likeness (QED) is 0.881. The second-order valence-electron chi connectivity index (χ2n) is 5.18. The zero-order chi connectivity index (χ0) is 13.3. The molecule has 0 heterocycles. The lowest BCUT2D eigenvalue weighted by molar-refractivity contribution is -0.119. The third-order valence-electron chi connectivity index (χ3n) is 3.55. The number of halogens is 1. The van der Waals surface area contributed by atoms with Crippen LogP contribution >= 0.6 is 15.9 Å². The molecule has 1 aliphatic rings. The van der Waals surface area contributed by atoms with E-state index in [1.165, 1.54) is 0 Å². The first kappa shape index (κ1) is 13.6. The molecular formula is C14H19BrN2O. The topological polar surface area (TPSA) is 55.1 Å². The molecule has 0 radical (unpaired) electrons. The fraction of sp³-hybridized carbons (Fsp3) is 0.500. The maximum Gasteiger partial charge on any atom is 0.227 e. The third-order valence-corrected chi connectivity index (χ3v) is 4.80. The number of nitrogens with one attached hydrogen (secondary N) is 1. The Balaban J connectivity index is 2.07. The van der Waals surface area contributed by atoms with Crippen LogP contribution in [-0.2, 0) is 4.79 Å². The molecule has 0 aromatic heterocycles. The van der Waals surface area contributed by atoms with Crippen molar-refractivity contribution in [1.82, 2.24) is 0 Å². The summed E-state index contributed by atoms with van der Waals surface area (Å²) in [5.74, 6) is 0.174. The first-order valence-corrected chi connectivity index (χ1v) is 7.10. The average molecular weight is 311 g/mol. The first-order valence-electron chi connectivity index (χ1n) is 6.30. The molecule has 1 fully saturated rings. The highest BCUT2D eigenvalue weighted by atomic mass is 79.9. The second-order valence-corrected chi connectivity index (χ2v) is 5.98. The van der Waals surface area contributed by atoms with E-state index < -0.39 is 0 Å². The molecule has 1 saturated carbocycles. The number of aryl methyl sites for hydroxylation is 2. The largest absolute Gasteiger partial charge is 0.328 e. The molecule has 18 heavy (non-hydrogen) atoms. The van der Waals surface area contributed by atoms with Gasteiger partial charge in [0, 0.05) is 22.1 Å². The van der Waals surface area contributed by atoms with Crippen LogP contribution in [0, 0.1) is 19.8 Å². The minimum absolute atomic E-state index is 0.0734. The second kappa shape index (κ2) is 5.41. The van der Waals surface area contributed by atoms with Crippen molar-refractivity contribution in [1.29, 1.82) is 0 Å². The molecule has 0 aliphatic heterocycles. The zero-order valence-corrected chi connectivity index (χ0v) is 12.4. The molecule has 2 atom stereocenters. The third kappa shape index (κ3) is 2.93. The fourth-order valence-electron chi connectivity index (χ4n) is 2.52. The monoisotopic (exact) mass is 310 g/mol. The van der Waals surface area contributed by atoms with Crippen LogP contribution in [-0.4, -0.2) is 11.9 Å². The standard InChI is InChI=1S/C14H19BrN2O/c1-8-5-12(6-9(2)13(8)15)17-14(18)10-3-4-11(16)7-10/h5-6,10-11H,3-4,7,16H2,1-2H3,(H,17,18). The van der Waals surface area contributed by atoms with Gasteiger partial charge in [-0.15, -0.1) is 0 Å². The number of benzene rings is 1. The lowest BCUT2D eigenvalue weighted by Crippen LogP contribution is -2.23. The summed E-state index contributed by atoms with van der Waals surface area (Å²) in [4.78, 5) is 12.1. The summed E-state index contributed by atoms with van der Waals surface area (Å²) in [6, 6.07) is 4.17. The Morgan fingerprint density at radius 1 is 1.33 bits per heavy atom. The fourth-order valence-corrected chi connectivity index (χ4v) is 2.75. The van der Waals surface area contributed by atoms with Crippen LogP contribution in [0.25, 0.3) is 0 Å². The molecule has 2 unspecified atom stereocenters. The van der Waals surface area contributed by atoms with Crippen LogP contribution in [0.2, 0.25) is 0 Å². The van der Waals surface area contributed by atoms with Gasteiger partial charge in [0.25, 0.3) is 0 Å². The Kier molecular flexibility index (Phi) is 4.07. The molecule has 0 spiro atoms. The van der Waals surface area contributed by atoms with E-state index in [0.29, 0.717) is 0 Å². The predicted octanol–water partition coefficient (Wildman–Crippen LogP) is 3.13. The van der Waals surface area contributed by atoms with Crippen LogP contribution in [0.3, 0.4) is 0 Å². The molecule has 0 saturated heterocycles. The van der Waals surface area contributed by atoms with Crippen molar-refractivity contribution in [2.75, 3.05) is 5.32 Å². The summed E-state index contributed by atoms with van der Waals surface area (Å²) in [6.07, 6.45) is 2.66. The molecule has 3 N–H and O–H groups in total. The van der Waals surface area contributed by atoms with E-state index in [2.05, 4.69) is 21.2 Å². The van der Waals surface area contributed by atoms with E-state index in [9.17, 15) is 4.79 Å². The number of nitrogens with two attached hydrogens (primary N) is 1. The molecule has 1 aromatic carbocycles. The van der Waals surface area contributed by atoms with Gasteiger partial charge in [0.15, 0.2) is 0 Å². The number of anilines is 1. The van der Waals surface area contributed by atoms with Gasteiger partial charge in [-0.2, -0.15) is 0 Å². The molecule has 1 aromatic rings. The minimum Gasteiger partial charge on any atom is -0.328 e. The van der Waals surface area contributed by atoms with Gasteiger partial charge >= 0.3 is 0 Å². The zero-order valence-electron chi connectivity index (χ0n) is 10.8. The normalized spacial score (nSPS) is 23.1. The van der Waals surface area contributed by atoms with Gasteiger partial charge in [0.2, 0.25) is 5.91 Å². The van der Waals surface area contributed by atoms with Gasteiger partial charge in [-0.25, -0.2) is 0 Å². The summed E-state index contributed by atoms with van der Waals surface area (Å²) in [7, 11) is 0. The summed E-state index contributed by atoms with van der Waals surface area (Å²) in [5, 5.41) is 3.00. The SMILES string of the molecule is Cc1cc(NC(=O)C2CCC(N)C2)cc(C)c1Br. The highest BCUT2D eigenvalue weighted by Gasteiger charge is 2.27. The summed E-state index contributed by atoms with van der Waals surface area (Å²) < 4.78 is 1.10. The van der Waals surface area contributed by atoms with Gasteiger partial charge in [-0.3, -0.25) is 4.79 Å². The van der Waals surface area contributed by atoms with Gasteiger partial charge in [-0.1, -0.05) is 15.9 Å². The molecule has 4 heteroatoms. The smallest absolute Gasteiger partial charge is 0.227 e. The van der Waals surface area contributed by atoms with E-state index in [1.807, 2.05) is 26.0 Å². The van der Waals surface area contributed by atoms with Crippen molar-refractivity contribution < 1.29 is 4.79 Å². The van der Waals surface area contributed by atoms with Crippen molar-refractivity contribution in [2.24, 2.45) is 11.7 Å². The predicted molar refractivity (Wildman–Crippen MR) is 77.6 cm³/mol. The van der Waals surface area contributed by atoms with Gasteiger partial charge < -0.3 is 11.1 Å². The maximum absolute atomic E-state index is 12.1. The van der Waals surface area contributed by atoms with Crippen LogP contribution in [0.15, 0.2) is 16.6 Å². The number of carbonyl (C=O) groups is 1. The molecule has 1 amide bonds. The Bertz CT molecular complexity index is 450. The molecule has 98 valence electrons. The number of hydrogen-bond acceptors (Lipinski definition) is 2. The van der Waals surface area contributed by atoms with Crippen molar-refractivity contribution in [3.8, 4) is 0 Å². The average Bonchev–Trinajstić information content (AvgIpc) is 2.72. The van der Waals surface area contributed by atoms with Gasteiger partial charge in [0.05, 0.1) is 0 Å². The van der Waals surface area contributed by atoms with E-state index in [4.69, 9.17) is 5.73 Å². The van der Waals surface area contributed by atoms with Gasteiger partial charge in [0.1, 0.15) is 0 Å². The van der Waals surface area contributed by atoms with Gasteiger partial charge in [-0.05, 0) is 56.4 Å². The van der Waals surface area contributed by atoms with Crippen molar-refractivity contribution in [3.05, 3.63) is 27.7 Å². The van der Waals surface area contributed by atoms with Crippen molar-refractivity contribution >= 4 is 27.5 Å². The summed E-state index contributed by atoms with van der Waals surface area (Å²) >= 11 is 3.52. The number of rotatable bonds is 2. The van der Waals surface area contributed by atoms with Crippen LogP contribution in [0.5, 0.6) is 0 Å². The molecule has 3 nitrogen and oxygen atoms in total. The Morgan fingerprint density at radius 2 is 1.94 bits per heavy atom. The lowest BCUT2D eigenvalue weighted by atomic mass is 10.1. The highest BCUT2D eigenvalue weighted by molar-refractivity contribution is 9.10. The minimum atomic E-state index is 0.0734. The molecule has 2 rings (SSSR count). The highest BCUT2D eigenvalue weighted by Crippen LogP contribution is 2.28. The summed E-state index contributed by atoms with van der Waals surface area (Å²) in [5.41, 5.74) is 8.98. The Morgan fingerprint density at radius 3 is 2.44 bits per heavy atom. The van der Waals surface area contributed by atoms with Crippen LogP contribution in [0.1, 0.15) is 30.4 Å². The Labute approximate surface area is 116 Å². The van der Waals surface area contributed by atoms with E-state index in [-0.39, 0.29) is 17.9 Å². The number of carbonyl (C=O) groups excluding carboxylic acids is 1. The Hall–Kier alpha value is -0.870. The number of hydrogen-bond donors (Lipinski definition) is 2. The molecular weight excluding hydrogens is 292 g/mol. The van der Waals surface area contributed by atoms with E-state index in [0.717, 1.165) is 40.5 Å². The van der Waals surface area contributed by atoms with Crippen molar-refractivity contribution in [2.45, 2.75) is 39.2 Å². The lowest BCUT2D eigenvalue weighted by Gasteiger charge is -2.13. The first-order chi connectivity index (χ1) is 8.47. The van der Waals surface area contributed by atoms with Crippen LogP contribution < -0.4 is 11.1 Å². The molecule has 0 bridgehead atoms.